The Bertz CT molecular complexity index is 1960. The van der Waals surface area contributed by atoms with Gasteiger partial charge in [-0.15, -0.1) is 0 Å². The SMILES string of the molecule is COc1ccc(C(OC[C@H]2O[C@@H](n3ccccc3=O)[C@H](O[Si](C)(C)C(C)(C)C)[C@@H]2OP(OCCC#N)N(C(C)C)C(C)C)(c2ccccc2)c2ccc(OC)cc2)cc1. The minimum absolute atomic E-state index is 0.0256. The third-order valence-electron chi connectivity index (χ3n) is 11.2. The summed E-state index contributed by atoms with van der Waals surface area (Å²) in [7, 11) is -1.02. The molecule has 1 fully saturated rings. The number of rotatable bonds is 19. The van der Waals surface area contributed by atoms with Crippen LogP contribution in [-0.2, 0) is 28.5 Å². The molecule has 0 bridgehead atoms. The molecule has 1 aromatic heterocycles. The lowest BCUT2D eigenvalue weighted by Gasteiger charge is -2.42. The number of methoxy groups -OCH3 is 2. The maximum absolute atomic E-state index is 13.7. The Morgan fingerprint density at radius 1 is 0.814 bits per heavy atom. The van der Waals surface area contributed by atoms with Gasteiger partial charge in [-0.25, -0.2) is 4.67 Å². The number of nitrogens with zero attached hydrogens (tertiary/aromatic N) is 3. The van der Waals surface area contributed by atoms with Crippen molar-refractivity contribution in [2.75, 3.05) is 27.4 Å². The van der Waals surface area contributed by atoms with Gasteiger partial charge in [0.25, 0.3) is 14.1 Å². The van der Waals surface area contributed by atoms with E-state index in [2.05, 4.69) is 84.4 Å². The van der Waals surface area contributed by atoms with Crippen LogP contribution in [0.5, 0.6) is 11.5 Å². The van der Waals surface area contributed by atoms with Gasteiger partial charge in [0.15, 0.2) is 14.5 Å². The summed E-state index contributed by atoms with van der Waals surface area (Å²) in [4.78, 5) is 13.7. The molecule has 59 heavy (non-hydrogen) atoms. The van der Waals surface area contributed by atoms with Crippen molar-refractivity contribution in [2.45, 2.75) is 115 Å². The van der Waals surface area contributed by atoms with Crippen molar-refractivity contribution < 1.29 is 32.4 Å². The number of pyridine rings is 1. The summed E-state index contributed by atoms with van der Waals surface area (Å²) in [5.74, 6) is 1.42. The monoisotopic (exact) mass is 843 g/mol. The van der Waals surface area contributed by atoms with Crippen molar-refractivity contribution in [1.29, 1.82) is 5.26 Å². The molecule has 5 rings (SSSR count). The second-order valence-electron chi connectivity index (χ2n) is 16.8. The van der Waals surface area contributed by atoms with E-state index in [1.165, 1.54) is 6.07 Å². The number of hydrogen-bond donors (Lipinski definition) is 0. The van der Waals surface area contributed by atoms with E-state index < -0.39 is 47.0 Å². The largest absolute Gasteiger partial charge is 0.497 e. The van der Waals surface area contributed by atoms with Crippen LogP contribution in [0.2, 0.25) is 18.1 Å². The topological polar surface area (TPSA) is 114 Å². The van der Waals surface area contributed by atoms with E-state index in [1.54, 1.807) is 31.0 Å². The molecule has 3 aromatic carbocycles. The maximum atomic E-state index is 13.7. The summed E-state index contributed by atoms with van der Waals surface area (Å²) < 4.78 is 50.5. The third kappa shape index (κ3) is 10.5. The van der Waals surface area contributed by atoms with Gasteiger partial charge in [0.1, 0.15) is 35.4 Å². The van der Waals surface area contributed by atoms with Crippen LogP contribution in [0.3, 0.4) is 0 Å². The highest BCUT2D eigenvalue weighted by Gasteiger charge is 2.54. The molecule has 0 amide bonds. The summed E-state index contributed by atoms with van der Waals surface area (Å²) in [6, 6.07) is 33.2. The Morgan fingerprint density at radius 2 is 1.36 bits per heavy atom. The van der Waals surface area contributed by atoms with Crippen molar-refractivity contribution >= 4 is 16.8 Å². The van der Waals surface area contributed by atoms with Gasteiger partial charge < -0.3 is 32.4 Å². The van der Waals surface area contributed by atoms with Gasteiger partial charge in [-0.2, -0.15) is 5.26 Å². The summed E-state index contributed by atoms with van der Waals surface area (Å²) >= 11 is 0. The number of nitriles is 1. The molecule has 0 aliphatic carbocycles. The highest BCUT2D eigenvalue weighted by Crippen LogP contribution is 2.52. The van der Waals surface area contributed by atoms with Gasteiger partial charge in [-0.05, 0) is 92.8 Å². The quantitative estimate of drug-likeness (QED) is 0.0391. The fraction of sp³-hybridized carbons (Fsp3) is 0.478. The van der Waals surface area contributed by atoms with E-state index in [1.807, 2.05) is 72.8 Å². The van der Waals surface area contributed by atoms with Gasteiger partial charge in [0, 0.05) is 24.3 Å². The highest BCUT2D eigenvalue weighted by molar-refractivity contribution is 7.44. The lowest BCUT2D eigenvalue weighted by Crippen LogP contribution is -2.50. The van der Waals surface area contributed by atoms with E-state index >= 15 is 0 Å². The van der Waals surface area contributed by atoms with E-state index in [4.69, 9.17) is 32.4 Å². The Labute approximate surface area is 353 Å². The first kappa shape index (κ1) is 46.2. The van der Waals surface area contributed by atoms with Crippen molar-refractivity contribution in [3.63, 3.8) is 0 Å². The van der Waals surface area contributed by atoms with E-state index in [0.29, 0.717) is 11.5 Å². The minimum atomic E-state index is -2.55. The average molecular weight is 844 g/mol. The zero-order chi connectivity index (χ0) is 43.0. The second kappa shape index (κ2) is 20.1. The van der Waals surface area contributed by atoms with Gasteiger partial charge in [-0.3, -0.25) is 9.36 Å². The molecule has 1 saturated heterocycles. The molecule has 2 heterocycles. The molecular weight excluding hydrogens is 782 g/mol. The fourth-order valence-corrected chi connectivity index (χ4v) is 10.2. The number of benzene rings is 3. The van der Waals surface area contributed by atoms with Crippen LogP contribution in [0.15, 0.2) is 108 Å². The summed E-state index contributed by atoms with van der Waals surface area (Å²) in [6.45, 7) is 19.6. The molecule has 0 radical (unpaired) electrons. The van der Waals surface area contributed by atoms with Crippen LogP contribution < -0.4 is 15.0 Å². The van der Waals surface area contributed by atoms with Gasteiger partial charge in [0.05, 0.1) is 39.9 Å². The molecule has 0 saturated carbocycles. The summed E-state index contributed by atoms with van der Waals surface area (Å²) in [5.41, 5.74) is 1.24. The smallest absolute Gasteiger partial charge is 0.259 e. The lowest BCUT2D eigenvalue weighted by atomic mass is 9.80. The van der Waals surface area contributed by atoms with Gasteiger partial charge in [-0.1, -0.05) is 81.4 Å². The molecule has 0 N–H and O–H groups in total. The van der Waals surface area contributed by atoms with Crippen molar-refractivity contribution in [1.82, 2.24) is 9.24 Å². The molecule has 5 atom stereocenters. The molecular formula is C46H62N3O8PSi. The Hall–Kier alpha value is -3.89. The minimum Gasteiger partial charge on any atom is -0.497 e. The Kier molecular flexibility index (Phi) is 15.7. The third-order valence-corrected chi connectivity index (χ3v) is 17.8. The predicted molar refractivity (Wildman–Crippen MR) is 235 cm³/mol. The van der Waals surface area contributed by atoms with Crippen LogP contribution in [-0.4, -0.2) is 75.4 Å². The zero-order valence-corrected chi connectivity index (χ0v) is 38.3. The molecule has 318 valence electrons. The fourth-order valence-electron chi connectivity index (χ4n) is 7.17. The Morgan fingerprint density at radius 3 is 1.85 bits per heavy atom. The lowest BCUT2D eigenvalue weighted by molar-refractivity contribution is -0.0940. The van der Waals surface area contributed by atoms with Crippen molar-refractivity contribution in [3.05, 3.63) is 130 Å². The summed E-state index contributed by atoms with van der Waals surface area (Å²) in [5, 5.41) is 9.33. The van der Waals surface area contributed by atoms with Crippen molar-refractivity contribution in [2.24, 2.45) is 0 Å². The number of ether oxygens (including phenoxy) is 4. The molecule has 1 aliphatic rings. The van der Waals surface area contributed by atoms with Gasteiger partial charge in [0.2, 0.25) is 0 Å². The predicted octanol–water partition coefficient (Wildman–Crippen LogP) is 9.82. The normalized spacial score (nSPS) is 19.3. The first-order valence-electron chi connectivity index (χ1n) is 20.3. The molecule has 1 aliphatic heterocycles. The number of hydrogen-bond acceptors (Lipinski definition) is 10. The van der Waals surface area contributed by atoms with E-state index in [-0.39, 0.29) is 42.3 Å². The molecule has 11 nitrogen and oxygen atoms in total. The maximum Gasteiger partial charge on any atom is 0.259 e. The Balaban J connectivity index is 1.72. The van der Waals surface area contributed by atoms with Crippen LogP contribution in [0, 0.1) is 11.3 Å². The van der Waals surface area contributed by atoms with Crippen LogP contribution in [0.25, 0.3) is 0 Å². The summed E-state index contributed by atoms with van der Waals surface area (Å²) in [6.07, 6.45) is -1.17. The van der Waals surface area contributed by atoms with E-state index in [9.17, 15) is 10.1 Å². The molecule has 0 spiro atoms. The first-order valence-corrected chi connectivity index (χ1v) is 24.4. The molecule has 1 unspecified atom stereocenters. The van der Waals surface area contributed by atoms with Crippen LogP contribution in [0.1, 0.15) is 77.8 Å². The standard InChI is InChI=1S/C46H62N3O8PSi/c1-33(2)49(34(3)4)58(54-31-17-29-47)56-42-40(55-44(48-30-16-15-20-41(48)50)43(42)57-59(10,11)45(5,6)7)32-53-46(35-18-13-12-14-19-35,36-21-25-38(51-8)26-22-36)37-23-27-39(52-9)28-24-37/h12-16,18-28,30,33-34,40,42-44H,17,31-32H2,1-11H3/t40-,42-,43-,44-,58?/m1/s1. The number of aromatic nitrogens is 1. The highest BCUT2D eigenvalue weighted by atomic mass is 31.2. The second-order valence-corrected chi connectivity index (χ2v) is 22.9. The van der Waals surface area contributed by atoms with Crippen molar-refractivity contribution in [3.8, 4) is 17.6 Å². The zero-order valence-electron chi connectivity index (χ0n) is 36.5. The van der Waals surface area contributed by atoms with Crippen LogP contribution in [0.4, 0.5) is 0 Å². The average Bonchev–Trinajstić information content (AvgIpc) is 3.53. The first-order chi connectivity index (χ1) is 28.1. The van der Waals surface area contributed by atoms with E-state index in [0.717, 1.165) is 16.7 Å². The van der Waals surface area contributed by atoms with Gasteiger partial charge >= 0.3 is 0 Å². The molecule has 4 aromatic rings. The molecule has 13 heteroatoms. The van der Waals surface area contributed by atoms with Crippen LogP contribution >= 0.6 is 8.53 Å².